The first-order valence-electron chi connectivity index (χ1n) is 4.49. The molecule has 6 nitrogen and oxygen atoms in total. The van der Waals surface area contributed by atoms with Crippen LogP contribution < -0.4 is 4.74 Å². The summed E-state index contributed by atoms with van der Waals surface area (Å²) in [6, 6.07) is 3.37. The van der Waals surface area contributed by atoms with E-state index in [-0.39, 0.29) is 5.56 Å². The fourth-order valence-corrected chi connectivity index (χ4v) is 1.32. The molecule has 0 unspecified atom stereocenters. The van der Waals surface area contributed by atoms with Crippen molar-refractivity contribution in [3.05, 3.63) is 30.1 Å². The van der Waals surface area contributed by atoms with Gasteiger partial charge in [-0.25, -0.2) is 9.78 Å². The third-order valence-corrected chi connectivity index (χ3v) is 2.10. The maximum Gasteiger partial charge on any atom is 0.339 e. The zero-order chi connectivity index (χ0) is 11.5. The lowest BCUT2D eigenvalue weighted by Crippen LogP contribution is -1.97. The van der Waals surface area contributed by atoms with Gasteiger partial charge in [-0.3, -0.25) is 5.10 Å². The number of aromatic amines is 1. The molecule has 0 radical (unpaired) electrons. The molecule has 0 saturated carbocycles. The van der Waals surface area contributed by atoms with Gasteiger partial charge in [-0.05, 0) is 6.07 Å². The number of ether oxygens (including phenoxy) is 1. The highest BCUT2D eigenvalue weighted by atomic mass is 16.5. The molecule has 2 rings (SSSR count). The molecule has 6 heteroatoms. The Morgan fingerprint density at radius 2 is 2.25 bits per heavy atom. The van der Waals surface area contributed by atoms with Crippen LogP contribution in [0, 0.1) is 0 Å². The van der Waals surface area contributed by atoms with E-state index >= 15 is 0 Å². The second-order valence-electron chi connectivity index (χ2n) is 3.05. The molecule has 0 amide bonds. The molecule has 2 aromatic heterocycles. The van der Waals surface area contributed by atoms with E-state index in [1.165, 1.54) is 19.5 Å². The minimum absolute atomic E-state index is 0.118. The number of methoxy groups -OCH3 is 1. The van der Waals surface area contributed by atoms with Gasteiger partial charge < -0.3 is 9.84 Å². The largest absolute Gasteiger partial charge is 0.481 e. The highest BCUT2D eigenvalue weighted by molar-refractivity contribution is 5.94. The molecule has 0 aliphatic carbocycles. The maximum atomic E-state index is 10.9. The number of pyridine rings is 1. The highest BCUT2D eigenvalue weighted by Gasteiger charge is 2.13. The Labute approximate surface area is 90.9 Å². The topological polar surface area (TPSA) is 88.1 Å². The van der Waals surface area contributed by atoms with Crippen molar-refractivity contribution in [2.45, 2.75) is 0 Å². The van der Waals surface area contributed by atoms with Gasteiger partial charge in [0.05, 0.1) is 19.0 Å². The molecular formula is C10H9N3O3. The van der Waals surface area contributed by atoms with Crippen LogP contribution in [0.2, 0.25) is 0 Å². The van der Waals surface area contributed by atoms with E-state index in [1.807, 2.05) is 0 Å². The molecule has 2 N–H and O–H groups in total. The first kappa shape index (κ1) is 10.2. The van der Waals surface area contributed by atoms with E-state index in [1.54, 1.807) is 12.1 Å². The average molecular weight is 219 g/mol. The summed E-state index contributed by atoms with van der Waals surface area (Å²) in [4.78, 5) is 14.9. The number of carboxylic acids is 1. The number of hydrogen-bond acceptors (Lipinski definition) is 4. The van der Waals surface area contributed by atoms with Gasteiger partial charge in [-0.15, -0.1) is 0 Å². The maximum absolute atomic E-state index is 10.9. The Bertz CT molecular complexity index is 504. The number of nitrogens with zero attached hydrogens (tertiary/aromatic N) is 2. The van der Waals surface area contributed by atoms with Gasteiger partial charge in [0.2, 0.25) is 5.88 Å². The van der Waals surface area contributed by atoms with Crippen LogP contribution in [0.1, 0.15) is 10.4 Å². The van der Waals surface area contributed by atoms with Crippen LogP contribution in [0.25, 0.3) is 11.3 Å². The molecule has 0 aliphatic heterocycles. The Balaban J connectivity index is 2.42. The standard InChI is InChI=1S/C10H9N3O3/c1-16-8-3-2-6(4-11-8)9-7(10(14)15)5-12-13-9/h2-5H,1H3,(H,12,13)(H,14,15). The predicted molar refractivity (Wildman–Crippen MR) is 55.3 cm³/mol. The summed E-state index contributed by atoms with van der Waals surface area (Å²) in [6.45, 7) is 0. The van der Waals surface area contributed by atoms with Crippen molar-refractivity contribution in [3.8, 4) is 17.1 Å². The lowest BCUT2D eigenvalue weighted by Gasteiger charge is -2.01. The molecule has 0 saturated heterocycles. The van der Waals surface area contributed by atoms with Crippen molar-refractivity contribution in [1.82, 2.24) is 15.2 Å². The molecule has 0 bridgehead atoms. The second kappa shape index (κ2) is 4.01. The lowest BCUT2D eigenvalue weighted by atomic mass is 10.1. The average Bonchev–Trinajstić information content (AvgIpc) is 2.78. The van der Waals surface area contributed by atoms with Gasteiger partial charge in [0.1, 0.15) is 5.56 Å². The van der Waals surface area contributed by atoms with Crippen LogP contribution in [0.4, 0.5) is 0 Å². The van der Waals surface area contributed by atoms with Crippen molar-refractivity contribution in [3.63, 3.8) is 0 Å². The fraction of sp³-hybridized carbons (Fsp3) is 0.100. The molecule has 2 aromatic rings. The van der Waals surface area contributed by atoms with E-state index in [4.69, 9.17) is 9.84 Å². The smallest absolute Gasteiger partial charge is 0.339 e. The summed E-state index contributed by atoms with van der Waals surface area (Å²) in [7, 11) is 1.51. The summed E-state index contributed by atoms with van der Waals surface area (Å²) >= 11 is 0. The molecule has 0 aromatic carbocycles. The van der Waals surface area contributed by atoms with E-state index in [9.17, 15) is 4.79 Å². The van der Waals surface area contributed by atoms with Gasteiger partial charge >= 0.3 is 5.97 Å². The van der Waals surface area contributed by atoms with Gasteiger partial charge in [0.25, 0.3) is 0 Å². The zero-order valence-electron chi connectivity index (χ0n) is 8.47. The molecule has 16 heavy (non-hydrogen) atoms. The number of hydrogen-bond donors (Lipinski definition) is 2. The summed E-state index contributed by atoms with van der Waals surface area (Å²) in [5.41, 5.74) is 1.20. The van der Waals surface area contributed by atoms with Crippen molar-refractivity contribution in [1.29, 1.82) is 0 Å². The molecule has 0 spiro atoms. The number of nitrogens with one attached hydrogen (secondary N) is 1. The number of H-pyrrole nitrogens is 1. The number of aromatic nitrogens is 3. The van der Waals surface area contributed by atoms with Gasteiger partial charge in [-0.1, -0.05) is 0 Å². The summed E-state index contributed by atoms with van der Waals surface area (Å²) in [5, 5.41) is 15.2. The van der Waals surface area contributed by atoms with Crippen LogP contribution in [-0.4, -0.2) is 33.4 Å². The Kier molecular flexibility index (Phi) is 2.55. The molecule has 0 fully saturated rings. The summed E-state index contributed by atoms with van der Waals surface area (Å²) < 4.78 is 4.91. The van der Waals surface area contributed by atoms with E-state index < -0.39 is 5.97 Å². The van der Waals surface area contributed by atoms with Crippen molar-refractivity contribution in [2.75, 3.05) is 7.11 Å². The number of carbonyl (C=O) groups is 1. The predicted octanol–water partition coefficient (Wildman–Crippen LogP) is 1.18. The number of carboxylic acid groups (broad SMARTS) is 1. The molecular weight excluding hydrogens is 210 g/mol. The van der Waals surface area contributed by atoms with Crippen LogP contribution in [0.3, 0.4) is 0 Å². The Morgan fingerprint density at radius 3 is 2.81 bits per heavy atom. The minimum atomic E-state index is -1.03. The van der Waals surface area contributed by atoms with E-state index in [0.717, 1.165) is 0 Å². The SMILES string of the molecule is COc1ccc(-c2[nH]ncc2C(=O)O)cn1. The number of rotatable bonds is 3. The summed E-state index contributed by atoms with van der Waals surface area (Å²) in [6.07, 6.45) is 2.79. The first-order valence-corrected chi connectivity index (χ1v) is 4.49. The van der Waals surface area contributed by atoms with Crippen molar-refractivity contribution >= 4 is 5.97 Å². The summed E-state index contributed by atoms with van der Waals surface area (Å²) in [5.74, 6) is -0.556. The fourth-order valence-electron chi connectivity index (χ4n) is 1.32. The van der Waals surface area contributed by atoms with Crippen LogP contribution >= 0.6 is 0 Å². The zero-order valence-corrected chi connectivity index (χ0v) is 8.47. The second-order valence-corrected chi connectivity index (χ2v) is 3.05. The Hall–Kier alpha value is -2.37. The van der Waals surface area contributed by atoms with E-state index in [0.29, 0.717) is 17.1 Å². The van der Waals surface area contributed by atoms with Crippen LogP contribution in [0.5, 0.6) is 5.88 Å². The lowest BCUT2D eigenvalue weighted by molar-refractivity contribution is 0.0698. The van der Waals surface area contributed by atoms with Crippen molar-refractivity contribution in [2.24, 2.45) is 0 Å². The van der Waals surface area contributed by atoms with Crippen LogP contribution in [0.15, 0.2) is 24.5 Å². The minimum Gasteiger partial charge on any atom is -0.481 e. The molecule has 0 aliphatic rings. The third kappa shape index (κ3) is 1.72. The first-order chi connectivity index (χ1) is 7.72. The molecule has 2 heterocycles. The van der Waals surface area contributed by atoms with Gasteiger partial charge in [0.15, 0.2) is 0 Å². The number of aromatic carboxylic acids is 1. The van der Waals surface area contributed by atoms with Gasteiger partial charge in [0, 0.05) is 17.8 Å². The monoisotopic (exact) mass is 219 g/mol. The molecule has 82 valence electrons. The van der Waals surface area contributed by atoms with E-state index in [2.05, 4.69) is 15.2 Å². The normalized spacial score (nSPS) is 10.1. The highest BCUT2D eigenvalue weighted by Crippen LogP contribution is 2.21. The molecule has 0 atom stereocenters. The van der Waals surface area contributed by atoms with Gasteiger partial charge in [-0.2, -0.15) is 5.10 Å². The quantitative estimate of drug-likeness (QED) is 0.809. The van der Waals surface area contributed by atoms with Crippen molar-refractivity contribution < 1.29 is 14.6 Å². The van der Waals surface area contributed by atoms with Crippen LogP contribution in [-0.2, 0) is 0 Å². The Morgan fingerprint density at radius 1 is 1.44 bits per heavy atom. The third-order valence-electron chi connectivity index (χ3n) is 2.10.